The maximum atomic E-state index is 11.8. The fourth-order valence-electron chi connectivity index (χ4n) is 2.29. The largest absolute Gasteiger partial charge is 0.484 e. The maximum Gasteiger partial charge on any atom is 0.277 e. The predicted molar refractivity (Wildman–Crippen MR) is 101 cm³/mol. The zero-order valence-corrected chi connectivity index (χ0v) is 14.7. The van der Waals surface area contributed by atoms with E-state index in [0.717, 1.165) is 16.8 Å². The summed E-state index contributed by atoms with van der Waals surface area (Å²) in [7, 11) is 0. The molecular formula is C20H20N4O2. The van der Waals surface area contributed by atoms with Gasteiger partial charge in [0.2, 0.25) is 0 Å². The number of hydrogen-bond acceptors (Lipinski definition) is 4. The maximum absolute atomic E-state index is 11.8. The number of para-hydroxylation sites is 1. The molecule has 0 aliphatic carbocycles. The molecule has 1 heterocycles. The van der Waals surface area contributed by atoms with E-state index in [0.29, 0.717) is 5.75 Å². The summed E-state index contributed by atoms with van der Waals surface area (Å²) in [6.07, 6.45) is 5.05. The highest BCUT2D eigenvalue weighted by Gasteiger charge is 2.03. The van der Waals surface area contributed by atoms with Gasteiger partial charge >= 0.3 is 0 Å². The normalized spacial score (nSPS) is 10.8. The first-order valence-corrected chi connectivity index (χ1v) is 8.24. The van der Waals surface area contributed by atoms with Crippen LogP contribution in [-0.2, 0) is 4.79 Å². The lowest BCUT2D eigenvalue weighted by molar-refractivity contribution is -0.123. The van der Waals surface area contributed by atoms with Crippen LogP contribution < -0.4 is 10.2 Å². The minimum atomic E-state index is -0.324. The fourth-order valence-corrected chi connectivity index (χ4v) is 2.29. The molecule has 0 radical (unpaired) electrons. The van der Waals surface area contributed by atoms with Gasteiger partial charge in [0.05, 0.1) is 18.1 Å². The standard InChI is InChI=1S/C20H20N4O2/c1-15-8-9-19(10-16(15)2)26-14-20(25)23-21-11-17-12-22-24(13-17)18-6-4-3-5-7-18/h3-13H,14H2,1-2H3,(H,23,25)/b21-11-. The van der Waals surface area contributed by atoms with Crippen molar-refractivity contribution >= 4 is 12.1 Å². The van der Waals surface area contributed by atoms with Crippen molar-refractivity contribution < 1.29 is 9.53 Å². The van der Waals surface area contributed by atoms with Gasteiger partial charge in [-0.1, -0.05) is 24.3 Å². The third-order valence-corrected chi connectivity index (χ3v) is 3.87. The Morgan fingerprint density at radius 1 is 1.19 bits per heavy atom. The first-order chi connectivity index (χ1) is 12.6. The molecule has 0 aliphatic heterocycles. The van der Waals surface area contributed by atoms with E-state index in [2.05, 4.69) is 15.6 Å². The smallest absolute Gasteiger partial charge is 0.277 e. The number of hydrazone groups is 1. The van der Waals surface area contributed by atoms with E-state index in [9.17, 15) is 4.79 Å². The molecule has 1 N–H and O–H groups in total. The lowest BCUT2D eigenvalue weighted by Crippen LogP contribution is -2.24. The first-order valence-electron chi connectivity index (χ1n) is 8.24. The highest BCUT2D eigenvalue weighted by Crippen LogP contribution is 2.16. The number of aromatic nitrogens is 2. The van der Waals surface area contributed by atoms with Crippen LogP contribution in [0.2, 0.25) is 0 Å². The molecule has 0 saturated heterocycles. The molecule has 0 unspecified atom stereocenters. The summed E-state index contributed by atoms with van der Waals surface area (Å²) < 4.78 is 7.21. The van der Waals surface area contributed by atoms with Crippen LogP contribution in [0.15, 0.2) is 66.0 Å². The van der Waals surface area contributed by atoms with Crippen LogP contribution in [0.1, 0.15) is 16.7 Å². The zero-order chi connectivity index (χ0) is 18.4. The van der Waals surface area contributed by atoms with Crippen LogP contribution in [0.3, 0.4) is 0 Å². The summed E-state index contributed by atoms with van der Waals surface area (Å²) in [5.41, 5.74) is 6.49. The molecule has 0 atom stereocenters. The number of amides is 1. The molecule has 132 valence electrons. The highest BCUT2D eigenvalue weighted by molar-refractivity contribution is 5.82. The Balaban J connectivity index is 1.50. The number of aryl methyl sites for hydroxylation is 2. The average molecular weight is 348 g/mol. The monoisotopic (exact) mass is 348 g/mol. The first kappa shape index (κ1) is 17.4. The van der Waals surface area contributed by atoms with Crippen molar-refractivity contribution in [2.45, 2.75) is 13.8 Å². The number of benzene rings is 2. The molecule has 26 heavy (non-hydrogen) atoms. The Morgan fingerprint density at radius 2 is 2.00 bits per heavy atom. The summed E-state index contributed by atoms with van der Waals surface area (Å²) in [6, 6.07) is 15.5. The van der Waals surface area contributed by atoms with Gasteiger partial charge in [-0.15, -0.1) is 0 Å². The van der Waals surface area contributed by atoms with E-state index in [1.165, 1.54) is 5.56 Å². The fraction of sp³-hybridized carbons (Fsp3) is 0.150. The van der Waals surface area contributed by atoms with Gasteiger partial charge < -0.3 is 4.74 Å². The molecule has 3 aromatic rings. The molecule has 0 fully saturated rings. The predicted octanol–water partition coefficient (Wildman–Crippen LogP) is 3.02. The van der Waals surface area contributed by atoms with Crippen LogP contribution in [0.25, 0.3) is 5.69 Å². The molecular weight excluding hydrogens is 328 g/mol. The molecule has 1 amide bonds. The lowest BCUT2D eigenvalue weighted by Gasteiger charge is -2.07. The van der Waals surface area contributed by atoms with Gasteiger partial charge in [0.1, 0.15) is 5.75 Å². The molecule has 0 bridgehead atoms. The van der Waals surface area contributed by atoms with Crippen molar-refractivity contribution in [1.29, 1.82) is 0 Å². The number of rotatable bonds is 6. The van der Waals surface area contributed by atoms with Crippen LogP contribution >= 0.6 is 0 Å². The third kappa shape index (κ3) is 4.57. The number of nitrogens with zero attached hydrogens (tertiary/aromatic N) is 3. The quantitative estimate of drug-likeness (QED) is 0.550. The van der Waals surface area contributed by atoms with Gasteiger partial charge in [-0.3, -0.25) is 4.79 Å². The van der Waals surface area contributed by atoms with Gasteiger partial charge in [0.15, 0.2) is 6.61 Å². The van der Waals surface area contributed by atoms with Crippen molar-refractivity contribution in [1.82, 2.24) is 15.2 Å². The van der Waals surface area contributed by atoms with Crippen molar-refractivity contribution in [2.75, 3.05) is 6.61 Å². The van der Waals surface area contributed by atoms with Crippen molar-refractivity contribution in [2.24, 2.45) is 5.10 Å². The summed E-state index contributed by atoms with van der Waals surface area (Å²) in [4.78, 5) is 11.8. The topological polar surface area (TPSA) is 68.5 Å². The molecule has 2 aromatic carbocycles. The molecule has 6 nitrogen and oxygen atoms in total. The number of carbonyl (C=O) groups is 1. The van der Waals surface area contributed by atoms with Crippen molar-refractivity contribution in [3.8, 4) is 11.4 Å². The number of hydrogen-bond donors (Lipinski definition) is 1. The zero-order valence-electron chi connectivity index (χ0n) is 14.7. The van der Waals surface area contributed by atoms with Crippen molar-refractivity contribution in [3.63, 3.8) is 0 Å². The van der Waals surface area contributed by atoms with E-state index in [-0.39, 0.29) is 12.5 Å². The SMILES string of the molecule is Cc1ccc(OCC(=O)N/N=C\c2cnn(-c3ccccc3)c2)cc1C. The Labute approximate surface area is 152 Å². The third-order valence-electron chi connectivity index (χ3n) is 3.87. The summed E-state index contributed by atoms with van der Waals surface area (Å²) in [5, 5.41) is 8.20. The molecule has 0 spiro atoms. The molecule has 3 rings (SSSR count). The van der Waals surface area contributed by atoms with Gasteiger partial charge in [-0.2, -0.15) is 10.2 Å². The highest BCUT2D eigenvalue weighted by atomic mass is 16.5. The summed E-state index contributed by atoms with van der Waals surface area (Å²) in [6.45, 7) is 3.94. The molecule has 0 saturated carbocycles. The molecule has 0 aliphatic rings. The minimum Gasteiger partial charge on any atom is -0.484 e. The summed E-state index contributed by atoms with van der Waals surface area (Å²) >= 11 is 0. The molecule has 6 heteroatoms. The second-order valence-electron chi connectivity index (χ2n) is 5.88. The Kier molecular flexibility index (Phi) is 5.43. The number of carbonyl (C=O) groups excluding carboxylic acids is 1. The van der Waals surface area contributed by atoms with Crippen LogP contribution in [0, 0.1) is 13.8 Å². The second-order valence-corrected chi connectivity index (χ2v) is 5.88. The van der Waals surface area contributed by atoms with E-state index < -0.39 is 0 Å². The van der Waals surface area contributed by atoms with Gasteiger partial charge in [-0.05, 0) is 49.2 Å². The Morgan fingerprint density at radius 3 is 2.77 bits per heavy atom. The Bertz CT molecular complexity index is 917. The van der Waals surface area contributed by atoms with Gasteiger partial charge in [-0.25, -0.2) is 10.1 Å². The van der Waals surface area contributed by atoms with Crippen molar-refractivity contribution in [3.05, 3.63) is 77.6 Å². The number of nitrogens with one attached hydrogen (secondary N) is 1. The summed E-state index contributed by atoms with van der Waals surface area (Å²) in [5.74, 6) is 0.339. The molecule has 1 aromatic heterocycles. The average Bonchev–Trinajstić information content (AvgIpc) is 3.12. The van der Waals surface area contributed by atoms with Crippen LogP contribution in [-0.4, -0.2) is 28.5 Å². The van der Waals surface area contributed by atoms with Gasteiger partial charge in [0.25, 0.3) is 5.91 Å². The minimum absolute atomic E-state index is 0.0941. The van der Waals surface area contributed by atoms with E-state index in [4.69, 9.17) is 4.74 Å². The number of ether oxygens (including phenoxy) is 1. The van der Waals surface area contributed by atoms with Crippen LogP contribution in [0.5, 0.6) is 5.75 Å². The van der Waals surface area contributed by atoms with E-state index >= 15 is 0 Å². The van der Waals surface area contributed by atoms with Crippen LogP contribution in [0.4, 0.5) is 0 Å². The lowest BCUT2D eigenvalue weighted by atomic mass is 10.1. The van der Waals surface area contributed by atoms with E-state index in [1.54, 1.807) is 17.1 Å². The Hall–Kier alpha value is -3.41. The van der Waals surface area contributed by atoms with E-state index in [1.807, 2.05) is 68.6 Å². The van der Waals surface area contributed by atoms with Gasteiger partial charge in [0, 0.05) is 11.8 Å². The second kappa shape index (κ2) is 8.11.